The van der Waals surface area contributed by atoms with Gasteiger partial charge < -0.3 is 5.32 Å². The van der Waals surface area contributed by atoms with Crippen molar-refractivity contribution in [2.24, 2.45) is 17.8 Å². The number of carbonyl (C=O) groups excluding carboxylic acids is 1. The lowest BCUT2D eigenvalue weighted by Crippen LogP contribution is -2.43. The predicted molar refractivity (Wildman–Crippen MR) is 113 cm³/mol. The highest BCUT2D eigenvalue weighted by atomic mass is 32.2. The number of hydrogen-bond acceptors (Lipinski definition) is 5. The quantitative estimate of drug-likeness (QED) is 0.343. The molecule has 0 radical (unpaired) electrons. The first kappa shape index (κ1) is 23.2. The van der Waals surface area contributed by atoms with Crippen molar-refractivity contribution in [1.29, 1.82) is 0 Å². The molecule has 168 valence electrons. The molecule has 3 rings (SSSR count). The van der Waals surface area contributed by atoms with Crippen molar-refractivity contribution < 1.29 is 26.2 Å². The van der Waals surface area contributed by atoms with E-state index in [1.165, 1.54) is 0 Å². The zero-order valence-corrected chi connectivity index (χ0v) is 18.5. The summed E-state index contributed by atoms with van der Waals surface area (Å²) in [5.41, 5.74) is 0. The van der Waals surface area contributed by atoms with Gasteiger partial charge in [-0.3, -0.25) is 9.35 Å². The van der Waals surface area contributed by atoms with Gasteiger partial charge in [0.2, 0.25) is 15.9 Å². The Bertz CT molecular complexity index is 933. The van der Waals surface area contributed by atoms with Crippen LogP contribution in [0.4, 0.5) is 0 Å². The van der Waals surface area contributed by atoms with E-state index in [2.05, 4.69) is 10.0 Å². The summed E-state index contributed by atoms with van der Waals surface area (Å²) in [6.07, 6.45) is 5.86. The Balaban J connectivity index is 1.47. The molecule has 1 aromatic carbocycles. The Kier molecular flexibility index (Phi) is 7.54. The maximum absolute atomic E-state index is 12.8. The van der Waals surface area contributed by atoms with Gasteiger partial charge in [0.05, 0.1) is 10.6 Å². The fraction of sp³-hybridized carbons (Fsp3) is 0.650. The largest absolute Gasteiger partial charge is 0.355 e. The minimum atomic E-state index is -4.07. The molecule has 0 aliphatic heterocycles. The Morgan fingerprint density at radius 3 is 2.43 bits per heavy atom. The average molecular weight is 459 g/mol. The maximum Gasteiger partial charge on any atom is 0.266 e. The number of fused-ring (bicyclic) bond motifs is 2. The van der Waals surface area contributed by atoms with Crippen LogP contribution < -0.4 is 10.0 Å². The van der Waals surface area contributed by atoms with Gasteiger partial charge in [-0.1, -0.05) is 24.6 Å². The molecular weight excluding hydrogens is 428 g/mol. The van der Waals surface area contributed by atoms with E-state index in [9.17, 15) is 21.6 Å². The van der Waals surface area contributed by atoms with Crippen molar-refractivity contribution in [2.45, 2.75) is 55.9 Å². The molecule has 0 spiro atoms. The van der Waals surface area contributed by atoms with Crippen molar-refractivity contribution >= 4 is 26.0 Å². The number of sulfonamides is 1. The lowest BCUT2D eigenvalue weighted by Gasteiger charge is -2.31. The van der Waals surface area contributed by atoms with Crippen LogP contribution in [-0.2, 0) is 24.9 Å². The predicted octanol–water partition coefficient (Wildman–Crippen LogP) is 1.94. The van der Waals surface area contributed by atoms with Crippen LogP contribution in [0.2, 0.25) is 0 Å². The molecule has 2 aliphatic rings. The van der Waals surface area contributed by atoms with Crippen LogP contribution >= 0.6 is 0 Å². The molecule has 10 heteroatoms. The molecule has 3 N–H and O–H groups in total. The van der Waals surface area contributed by atoms with E-state index in [-0.39, 0.29) is 35.7 Å². The van der Waals surface area contributed by atoms with Crippen molar-refractivity contribution in [2.75, 3.05) is 12.3 Å². The molecule has 30 heavy (non-hydrogen) atoms. The van der Waals surface area contributed by atoms with Gasteiger partial charge in [-0.15, -0.1) is 0 Å². The van der Waals surface area contributed by atoms with Gasteiger partial charge in [-0.25, -0.2) is 13.1 Å². The van der Waals surface area contributed by atoms with Gasteiger partial charge in [0.25, 0.3) is 10.1 Å². The maximum atomic E-state index is 12.8. The van der Waals surface area contributed by atoms with Gasteiger partial charge in [0.15, 0.2) is 0 Å². The summed E-state index contributed by atoms with van der Waals surface area (Å²) >= 11 is 0. The number of hydrogen-bond donors (Lipinski definition) is 3. The van der Waals surface area contributed by atoms with Crippen LogP contribution in [0.25, 0.3) is 0 Å². The average Bonchev–Trinajstić information content (AvgIpc) is 3.27. The van der Waals surface area contributed by atoms with Gasteiger partial charge in [0.1, 0.15) is 0 Å². The minimum absolute atomic E-state index is 0.0578. The topological polar surface area (TPSA) is 130 Å². The second-order valence-corrected chi connectivity index (χ2v) is 11.6. The normalized spacial score (nSPS) is 26.0. The fourth-order valence-electron chi connectivity index (χ4n) is 4.93. The molecule has 0 saturated heterocycles. The summed E-state index contributed by atoms with van der Waals surface area (Å²) < 4.78 is 58.5. The highest BCUT2D eigenvalue weighted by Gasteiger charge is 2.48. The highest BCUT2D eigenvalue weighted by Crippen LogP contribution is 2.50. The van der Waals surface area contributed by atoms with Crippen molar-refractivity contribution in [1.82, 2.24) is 10.0 Å². The first-order valence-electron chi connectivity index (χ1n) is 10.4. The van der Waals surface area contributed by atoms with Crippen LogP contribution in [0.15, 0.2) is 35.2 Å². The summed E-state index contributed by atoms with van der Waals surface area (Å²) in [5.74, 6) is 0.453. The van der Waals surface area contributed by atoms with Gasteiger partial charge >= 0.3 is 0 Å². The third-order valence-electron chi connectivity index (χ3n) is 6.31. The number of amides is 1. The molecule has 1 aromatic rings. The Labute approximate surface area is 178 Å². The molecule has 2 bridgehead atoms. The zero-order valence-electron chi connectivity index (χ0n) is 16.9. The summed E-state index contributed by atoms with van der Waals surface area (Å²) in [7, 11) is -7.62. The smallest absolute Gasteiger partial charge is 0.266 e. The van der Waals surface area contributed by atoms with Crippen LogP contribution in [0, 0.1) is 17.8 Å². The Morgan fingerprint density at radius 1 is 1.03 bits per heavy atom. The highest BCUT2D eigenvalue weighted by molar-refractivity contribution is 7.89. The van der Waals surface area contributed by atoms with Crippen LogP contribution in [-0.4, -0.2) is 45.6 Å². The summed E-state index contributed by atoms with van der Waals surface area (Å²) in [5, 5.41) is 2.48. The van der Waals surface area contributed by atoms with Crippen LogP contribution in [0.5, 0.6) is 0 Å². The summed E-state index contributed by atoms with van der Waals surface area (Å²) in [6, 6.07) is 8.37. The van der Waals surface area contributed by atoms with Crippen molar-refractivity contribution in [3.63, 3.8) is 0 Å². The fourth-order valence-corrected chi connectivity index (χ4v) is 6.67. The number of unbranched alkanes of at least 4 members (excludes halogenated alkanes) is 1. The summed E-state index contributed by atoms with van der Waals surface area (Å²) in [4.78, 5) is 12.1. The van der Waals surface area contributed by atoms with Gasteiger partial charge in [0, 0.05) is 19.0 Å². The zero-order chi connectivity index (χ0) is 21.8. The number of nitrogens with one attached hydrogen (secondary N) is 2. The lowest BCUT2D eigenvalue weighted by molar-refractivity contribution is -0.121. The van der Waals surface area contributed by atoms with Crippen molar-refractivity contribution in [3.8, 4) is 0 Å². The SMILES string of the molecule is O=C(CCCC[C@H]1[C@@H]2CC[C@@H](C2)[C@@H]1NS(=O)(=O)c1ccccc1)NCCS(=O)(=O)O. The molecule has 2 saturated carbocycles. The van der Waals surface area contributed by atoms with Crippen LogP contribution in [0.3, 0.4) is 0 Å². The lowest BCUT2D eigenvalue weighted by atomic mass is 9.81. The van der Waals surface area contributed by atoms with E-state index in [0.29, 0.717) is 18.3 Å². The first-order chi connectivity index (χ1) is 14.2. The Morgan fingerprint density at radius 2 is 1.73 bits per heavy atom. The molecular formula is C20H30N2O6S2. The summed E-state index contributed by atoms with van der Waals surface area (Å²) in [6.45, 7) is -0.104. The first-order valence-corrected chi connectivity index (χ1v) is 13.5. The minimum Gasteiger partial charge on any atom is -0.355 e. The molecule has 0 unspecified atom stereocenters. The van der Waals surface area contributed by atoms with Crippen LogP contribution in [0.1, 0.15) is 44.9 Å². The molecule has 1 amide bonds. The molecule has 8 nitrogen and oxygen atoms in total. The van der Waals surface area contributed by atoms with E-state index in [0.717, 1.165) is 32.1 Å². The van der Waals surface area contributed by atoms with E-state index < -0.39 is 25.9 Å². The van der Waals surface area contributed by atoms with E-state index in [4.69, 9.17) is 4.55 Å². The Hall–Kier alpha value is -1.49. The second kappa shape index (κ2) is 9.76. The molecule has 2 fully saturated rings. The third-order valence-corrected chi connectivity index (χ3v) is 8.50. The van der Waals surface area contributed by atoms with Gasteiger partial charge in [-0.05, 0) is 62.0 Å². The number of rotatable bonds is 11. The standard InChI is InChI=1S/C20H30N2O6S2/c23-19(21-12-13-29(24,25)26)9-5-4-8-18-15-10-11-16(14-15)20(18)22-30(27,28)17-6-2-1-3-7-17/h1-3,6-7,15-16,18,20,22H,4-5,8-14H2,(H,21,23)(H,24,25,26)/t15-,16+,18+,20+/m1/s1. The molecule has 0 heterocycles. The number of benzene rings is 1. The molecule has 0 aromatic heterocycles. The third kappa shape index (κ3) is 6.26. The van der Waals surface area contributed by atoms with E-state index in [1.807, 2.05) is 0 Å². The van der Waals surface area contributed by atoms with E-state index in [1.54, 1.807) is 30.3 Å². The molecule has 4 atom stereocenters. The second-order valence-electron chi connectivity index (χ2n) is 8.34. The van der Waals surface area contributed by atoms with E-state index >= 15 is 0 Å². The van der Waals surface area contributed by atoms with Crippen molar-refractivity contribution in [3.05, 3.63) is 30.3 Å². The van der Waals surface area contributed by atoms with Gasteiger partial charge in [-0.2, -0.15) is 8.42 Å². The molecule has 2 aliphatic carbocycles. The number of carbonyl (C=O) groups is 1. The monoisotopic (exact) mass is 458 g/mol.